The summed E-state index contributed by atoms with van der Waals surface area (Å²) < 4.78 is 5.01. The monoisotopic (exact) mass is 185 g/mol. The number of hydrogen-bond donors (Lipinski definition) is 0. The number of hydrogen-bond acceptors (Lipinski definition) is 3. The van der Waals surface area contributed by atoms with Crippen molar-refractivity contribution in [2.75, 3.05) is 7.11 Å². The van der Waals surface area contributed by atoms with Gasteiger partial charge in [0.25, 0.3) is 0 Å². The van der Waals surface area contributed by atoms with Gasteiger partial charge in [-0.2, -0.15) is 5.26 Å². The van der Waals surface area contributed by atoms with Gasteiger partial charge in [-0.05, 0) is 24.1 Å². The number of nitrogens with zero attached hydrogens (tertiary/aromatic N) is 1. The summed E-state index contributed by atoms with van der Waals surface area (Å²) in [7, 11) is 1.51. The summed E-state index contributed by atoms with van der Waals surface area (Å²) >= 11 is 0. The van der Waals surface area contributed by atoms with Crippen molar-refractivity contribution in [1.29, 1.82) is 5.26 Å². The van der Waals surface area contributed by atoms with Crippen LogP contribution in [-0.2, 0) is 4.79 Å². The van der Waals surface area contributed by atoms with Gasteiger partial charge in [0.1, 0.15) is 5.75 Å². The van der Waals surface area contributed by atoms with Crippen LogP contribution in [0.25, 0.3) is 0 Å². The third-order valence-corrected chi connectivity index (χ3v) is 1.59. The van der Waals surface area contributed by atoms with Crippen LogP contribution < -0.4 is 4.74 Å². The molecule has 0 spiro atoms. The molecule has 68 valence electrons. The van der Waals surface area contributed by atoms with Crippen molar-refractivity contribution in [2.24, 2.45) is 0 Å². The molecule has 0 aromatic heterocycles. The topological polar surface area (TPSA) is 50.1 Å². The van der Waals surface area contributed by atoms with Crippen molar-refractivity contribution in [2.45, 2.75) is 0 Å². The van der Waals surface area contributed by atoms with Gasteiger partial charge in [-0.25, -0.2) is 0 Å². The Morgan fingerprint density at radius 2 is 2.29 bits per heavy atom. The van der Waals surface area contributed by atoms with Crippen molar-refractivity contribution < 1.29 is 9.53 Å². The Hall–Kier alpha value is -2.26. The molecule has 0 atom stereocenters. The van der Waals surface area contributed by atoms with Crippen LogP contribution in [0.2, 0.25) is 0 Å². The van der Waals surface area contributed by atoms with E-state index in [1.807, 2.05) is 6.07 Å². The maximum atomic E-state index is 10.1. The van der Waals surface area contributed by atoms with Crippen molar-refractivity contribution in [1.82, 2.24) is 0 Å². The quantitative estimate of drug-likeness (QED) is 0.486. The zero-order valence-electron chi connectivity index (χ0n) is 7.57. The van der Waals surface area contributed by atoms with E-state index in [2.05, 4.69) is 11.8 Å². The van der Waals surface area contributed by atoms with E-state index in [0.717, 1.165) is 0 Å². The van der Waals surface area contributed by atoms with Crippen molar-refractivity contribution in [3.8, 4) is 23.7 Å². The Morgan fingerprint density at radius 3 is 2.86 bits per heavy atom. The number of carbonyl (C=O) groups excluding carboxylic acids is 1. The predicted octanol–water partition coefficient (Wildman–Crippen LogP) is 1.12. The average molecular weight is 185 g/mol. The second-order valence-corrected chi connectivity index (χ2v) is 2.41. The van der Waals surface area contributed by atoms with Crippen LogP contribution in [0.5, 0.6) is 5.75 Å². The van der Waals surface area contributed by atoms with E-state index < -0.39 is 0 Å². The highest BCUT2D eigenvalue weighted by Crippen LogP contribution is 2.18. The number of rotatable bonds is 1. The molecule has 0 aliphatic carbocycles. The molecule has 0 radical (unpaired) electrons. The van der Waals surface area contributed by atoms with E-state index in [1.165, 1.54) is 7.11 Å². The number of methoxy groups -OCH3 is 1. The van der Waals surface area contributed by atoms with Gasteiger partial charge in [-0.3, -0.25) is 4.79 Å². The molecule has 3 nitrogen and oxygen atoms in total. The number of nitriles is 1. The summed E-state index contributed by atoms with van der Waals surface area (Å²) in [4.78, 5) is 10.1. The molecule has 0 N–H and O–H groups in total. The van der Waals surface area contributed by atoms with Crippen LogP contribution in [0.4, 0.5) is 0 Å². The average Bonchev–Trinajstić information content (AvgIpc) is 2.25. The molecule has 1 rings (SSSR count). The molecular formula is C11H7NO2. The summed E-state index contributed by atoms with van der Waals surface area (Å²) in [6.07, 6.45) is 0.498. The fourth-order valence-electron chi connectivity index (χ4n) is 0.982. The minimum absolute atomic E-state index is 0.487. The summed E-state index contributed by atoms with van der Waals surface area (Å²) in [6, 6.07) is 6.84. The minimum atomic E-state index is 0.487. The molecule has 0 saturated carbocycles. The molecular weight excluding hydrogens is 178 g/mol. The number of carbonyl (C=O) groups is 1. The predicted molar refractivity (Wildman–Crippen MR) is 50.7 cm³/mol. The lowest BCUT2D eigenvalue weighted by Gasteiger charge is -2.02. The Balaban J connectivity index is 3.23. The molecule has 14 heavy (non-hydrogen) atoms. The molecule has 0 saturated heterocycles. The summed E-state index contributed by atoms with van der Waals surface area (Å²) in [5.41, 5.74) is 1.03. The van der Waals surface area contributed by atoms with Crippen LogP contribution in [0.1, 0.15) is 11.1 Å². The lowest BCUT2D eigenvalue weighted by molar-refractivity contribution is -0.103. The summed E-state index contributed by atoms with van der Waals surface area (Å²) in [6.45, 7) is 0. The van der Waals surface area contributed by atoms with E-state index in [-0.39, 0.29) is 0 Å². The van der Waals surface area contributed by atoms with Crippen LogP contribution in [0, 0.1) is 23.2 Å². The molecule has 1 aromatic carbocycles. The Morgan fingerprint density at radius 1 is 1.50 bits per heavy atom. The first kappa shape index (κ1) is 9.83. The first-order valence-electron chi connectivity index (χ1n) is 3.85. The number of ether oxygens (including phenoxy) is 1. The van der Waals surface area contributed by atoms with Gasteiger partial charge >= 0.3 is 0 Å². The first-order valence-corrected chi connectivity index (χ1v) is 3.85. The van der Waals surface area contributed by atoms with Gasteiger partial charge in [0, 0.05) is 0 Å². The molecule has 1 aromatic rings. The highest BCUT2D eigenvalue weighted by Gasteiger charge is 2.00. The van der Waals surface area contributed by atoms with Gasteiger partial charge in [0.2, 0.25) is 0 Å². The second-order valence-electron chi connectivity index (χ2n) is 2.41. The van der Waals surface area contributed by atoms with E-state index in [4.69, 9.17) is 10.00 Å². The maximum absolute atomic E-state index is 10.1. The van der Waals surface area contributed by atoms with Gasteiger partial charge in [0.05, 0.1) is 24.3 Å². The zero-order chi connectivity index (χ0) is 10.4. The van der Waals surface area contributed by atoms with Crippen LogP contribution >= 0.6 is 0 Å². The molecule has 0 aliphatic rings. The fraction of sp³-hybridized carbons (Fsp3) is 0.0909. The smallest absolute Gasteiger partial charge is 0.193 e. The zero-order valence-corrected chi connectivity index (χ0v) is 7.57. The second kappa shape index (κ2) is 4.69. The van der Waals surface area contributed by atoms with E-state index >= 15 is 0 Å². The number of benzene rings is 1. The van der Waals surface area contributed by atoms with Gasteiger partial charge in [-0.1, -0.05) is 5.92 Å². The third-order valence-electron chi connectivity index (χ3n) is 1.59. The maximum Gasteiger partial charge on any atom is 0.193 e. The first-order chi connectivity index (χ1) is 6.81. The highest BCUT2D eigenvalue weighted by atomic mass is 16.5. The lowest BCUT2D eigenvalue weighted by Crippen LogP contribution is -1.88. The summed E-state index contributed by atoms with van der Waals surface area (Å²) in [5.74, 6) is 5.42. The third kappa shape index (κ3) is 2.12. The fourth-order valence-corrected chi connectivity index (χ4v) is 0.982. The van der Waals surface area contributed by atoms with Gasteiger partial charge in [-0.15, -0.1) is 0 Å². The molecule has 0 aliphatic heterocycles. The van der Waals surface area contributed by atoms with Crippen molar-refractivity contribution in [3.05, 3.63) is 29.3 Å². The van der Waals surface area contributed by atoms with Crippen LogP contribution in [0.3, 0.4) is 0 Å². The highest BCUT2D eigenvalue weighted by molar-refractivity contribution is 5.74. The van der Waals surface area contributed by atoms with E-state index in [0.29, 0.717) is 23.2 Å². The Labute approximate surface area is 81.9 Å². The Bertz CT molecular complexity index is 447. The SMILES string of the molecule is COc1ccc(C#N)cc1C#CC=O. The molecule has 0 fully saturated rings. The van der Waals surface area contributed by atoms with E-state index in [9.17, 15) is 4.79 Å². The minimum Gasteiger partial charge on any atom is -0.495 e. The standard InChI is InChI=1S/C11H7NO2/c1-14-11-5-4-9(8-12)7-10(11)3-2-6-13/h4-7H,1H3. The molecule has 0 bridgehead atoms. The van der Waals surface area contributed by atoms with Gasteiger partial charge in [0.15, 0.2) is 6.29 Å². The molecule has 0 unspecified atom stereocenters. The van der Waals surface area contributed by atoms with E-state index in [1.54, 1.807) is 18.2 Å². The summed E-state index contributed by atoms with van der Waals surface area (Å²) in [5, 5.41) is 8.64. The number of aldehydes is 1. The lowest BCUT2D eigenvalue weighted by atomic mass is 10.1. The molecule has 0 amide bonds. The largest absolute Gasteiger partial charge is 0.495 e. The van der Waals surface area contributed by atoms with Crippen LogP contribution in [-0.4, -0.2) is 13.4 Å². The van der Waals surface area contributed by atoms with Gasteiger partial charge < -0.3 is 4.74 Å². The van der Waals surface area contributed by atoms with Crippen molar-refractivity contribution >= 4 is 6.29 Å². The molecule has 0 heterocycles. The Kier molecular flexibility index (Phi) is 3.29. The molecule has 3 heteroatoms. The normalized spacial score (nSPS) is 8.00. The van der Waals surface area contributed by atoms with Crippen molar-refractivity contribution in [3.63, 3.8) is 0 Å². The van der Waals surface area contributed by atoms with Crippen LogP contribution in [0.15, 0.2) is 18.2 Å².